The summed E-state index contributed by atoms with van der Waals surface area (Å²) in [6.45, 7) is 10.5. The predicted molar refractivity (Wildman–Crippen MR) is 115 cm³/mol. The molecule has 4 heterocycles. The van der Waals surface area contributed by atoms with Crippen molar-refractivity contribution >= 4 is 5.97 Å². The lowest BCUT2D eigenvalue weighted by atomic mass is 9.53. The molecule has 0 radical (unpaired) electrons. The van der Waals surface area contributed by atoms with E-state index in [0.29, 0.717) is 5.92 Å². The Kier molecular flexibility index (Phi) is 4.78. The standard InChI is InChI=1S/C25H40N2O3/c1-17-7-6-10-24(2)15-20-21(22-25(17,24)30-22)19(23(28)29-20)16-26-13-8-18(9-14-26)27-11-4-3-5-12-27/h17-22H,3-16H2,1-2H3/t17-,19+,20+,21+,22-,24+,25+/m0/s1. The van der Waals surface area contributed by atoms with Gasteiger partial charge in [0.05, 0.1) is 12.0 Å². The molecule has 0 amide bonds. The Morgan fingerprint density at radius 3 is 2.57 bits per heavy atom. The molecule has 30 heavy (non-hydrogen) atoms. The van der Waals surface area contributed by atoms with E-state index in [1.165, 1.54) is 64.5 Å². The van der Waals surface area contributed by atoms with Crippen LogP contribution in [0.2, 0.25) is 0 Å². The minimum Gasteiger partial charge on any atom is -0.462 e. The van der Waals surface area contributed by atoms with Crippen LogP contribution in [0.5, 0.6) is 0 Å². The van der Waals surface area contributed by atoms with Crippen LogP contribution in [-0.4, -0.2) is 72.3 Å². The number of hydrogen-bond donors (Lipinski definition) is 0. The van der Waals surface area contributed by atoms with Crippen molar-refractivity contribution in [3.63, 3.8) is 0 Å². The fourth-order valence-corrected chi connectivity index (χ4v) is 8.47. The van der Waals surface area contributed by atoms with Gasteiger partial charge in [0.25, 0.3) is 0 Å². The zero-order chi connectivity index (χ0) is 20.5. The summed E-state index contributed by atoms with van der Waals surface area (Å²) >= 11 is 0. The Morgan fingerprint density at radius 1 is 1.03 bits per heavy atom. The van der Waals surface area contributed by atoms with E-state index in [9.17, 15) is 4.79 Å². The van der Waals surface area contributed by atoms with E-state index in [1.54, 1.807) is 0 Å². The number of esters is 1. The van der Waals surface area contributed by atoms with Crippen molar-refractivity contribution in [3.8, 4) is 0 Å². The molecule has 5 nitrogen and oxygen atoms in total. The molecule has 4 aliphatic heterocycles. The zero-order valence-corrected chi connectivity index (χ0v) is 19.0. The molecule has 0 bridgehead atoms. The lowest BCUT2D eigenvalue weighted by Gasteiger charge is -2.49. The number of carbonyl (C=O) groups excluding carboxylic acids is 1. The van der Waals surface area contributed by atoms with Gasteiger partial charge in [0.1, 0.15) is 11.7 Å². The Labute approximate surface area is 181 Å². The molecule has 7 atom stereocenters. The number of hydrogen-bond acceptors (Lipinski definition) is 5. The average Bonchev–Trinajstić information content (AvgIpc) is 3.44. The van der Waals surface area contributed by atoms with Crippen molar-refractivity contribution in [1.29, 1.82) is 0 Å². The molecule has 0 aromatic rings. The number of ether oxygens (including phenoxy) is 2. The van der Waals surface area contributed by atoms with Gasteiger partial charge in [-0.1, -0.05) is 26.7 Å². The van der Waals surface area contributed by atoms with Crippen LogP contribution in [0.25, 0.3) is 0 Å². The van der Waals surface area contributed by atoms with Crippen molar-refractivity contribution < 1.29 is 14.3 Å². The van der Waals surface area contributed by atoms with Gasteiger partial charge in [-0.05, 0) is 77.0 Å². The maximum Gasteiger partial charge on any atom is 0.311 e. The normalized spacial score (nSPS) is 49.8. The molecule has 0 aromatic carbocycles. The number of fused-ring (bicyclic) bond motifs is 2. The van der Waals surface area contributed by atoms with Gasteiger partial charge >= 0.3 is 5.97 Å². The summed E-state index contributed by atoms with van der Waals surface area (Å²) in [5, 5.41) is 0. The molecule has 6 aliphatic rings. The second-order valence-corrected chi connectivity index (χ2v) is 11.7. The Hall–Kier alpha value is -0.650. The van der Waals surface area contributed by atoms with Crippen LogP contribution < -0.4 is 0 Å². The van der Waals surface area contributed by atoms with E-state index >= 15 is 0 Å². The lowest BCUT2D eigenvalue weighted by Crippen LogP contribution is -2.55. The number of rotatable bonds is 3. The van der Waals surface area contributed by atoms with E-state index in [1.807, 2.05) is 0 Å². The fraction of sp³-hybridized carbons (Fsp3) is 0.960. The Bertz CT molecular complexity index is 686. The topological polar surface area (TPSA) is 45.3 Å². The minimum absolute atomic E-state index is 0.0181. The van der Waals surface area contributed by atoms with Gasteiger partial charge in [-0.2, -0.15) is 0 Å². The molecule has 2 saturated carbocycles. The van der Waals surface area contributed by atoms with Gasteiger partial charge in [-0.3, -0.25) is 4.79 Å². The summed E-state index contributed by atoms with van der Waals surface area (Å²) in [6, 6.07) is 0.762. The van der Waals surface area contributed by atoms with E-state index in [0.717, 1.165) is 32.1 Å². The molecule has 6 fully saturated rings. The maximum absolute atomic E-state index is 13.0. The minimum atomic E-state index is 0.0181. The molecule has 1 spiro atoms. The third-order valence-electron chi connectivity index (χ3n) is 10.1. The van der Waals surface area contributed by atoms with Gasteiger partial charge < -0.3 is 19.3 Å². The van der Waals surface area contributed by atoms with E-state index in [2.05, 4.69) is 23.6 Å². The molecular formula is C25H40N2O3. The van der Waals surface area contributed by atoms with Gasteiger partial charge in [0.15, 0.2) is 0 Å². The van der Waals surface area contributed by atoms with Gasteiger partial charge in [-0.25, -0.2) is 0 Å². The summed E-state index contributed by atoms with van der Waals surface area (Å²) < 4.78 is 12.6. The summed E-state index contributed by atoms with van der Waals surface area (Å²) in [4.78, 5) is 18.3. The van der Waals surface area contributed by atoms with E-state index in [4.69, 9.17) is 9.47 Å². The maximum atomic E-state index is 13.0. The average molecular weight is 417 g/mol. The summed E-state index contributed by atoms with van der Waals surface area (Å²) in [5.41, 5.74) is 0.221. The van der Waals surface area contributed by atoms with Crippen LogP contribution in [0.4, 0.5) is 0 Å². The first kappa shape index (κ1) is 20.0. The Balaban J connectivity index is 1.12. The third kappa shape index (κ3) is 2.87. The molecule has 6 rings (SSSR count). The van der Waals surface area contributed by atoms with Crippen LogP contribution in [0.3, 0.4) is 0 Å². The van der Waals surface area contributed by atoms with Gasteiger partial charge in [0, 0.05) is 23.9 Å². The number of piperidine rings is 2. The second kappa shape index (κ2) is 7.18. The highest BCUT2D eigenvalue weighted by Crippen LogP contribution is 2.70. The zero-order valence-electron chi connectivity index (χ0n) is 19.0. The molecule has 0 N–H and O–H groups in total. The number of epoxide rings is 1. The highest BCUT2D eigenvalue weighted by molar-refractivity contribution is 5.76. The first-order chi connectivity index (χ1) is 14.5. The van der Waals surface area contributed by atoms with E-state index < -0.39 is 0 Å². The van der Waals surface area contributed by atoms with Crippen molar-refractivity contribution in [1.82, 2.24) is 9.80 Å². The molecular weight excluding hydrogens is 376 g/mol. The lowest BCUT2D eigenvalue weighted by molar-refractivity contribution is -0.146. The third-order valence-corrected chi connectivity index (χ3v) is 10.1. The van der Waals surface area contributed by atoms with Crippen molar-refractivity contribution in [2.75, 3.05) is 32.7 Å². The number of nitrogens with zero attached hydrogens (tertiary/aromatic N) is 2. The predicted octanol–water partition coefficient (Wildman–Crippen LogP) is 3.46. The van der Waals surface area contributed by atoms with Crippen molar-refractivity contribution in [3.05, 3.63) is 0 Å². The highest BCUT2D eigenvalue weighted by Gasteiger charge is 2.78. The van der Waals surface area contributed by atoms with Crippen LogP contribution in [0, 0.1) is 23.2 Å². The fourth-order valence-electron chi connectivity index (χ4n) is 8.47. The molecule has 168 valence electrons. The van der Waals surface area contributed by atoms with Crippen molar-refractivity contribution in [2.24, 2.45) is 23.2 Å². The first-order valence-corrected chi connectivity index (χ1v) is 12.9. The van der Waals surface area contributed by atoms with Gasteiger partial charge in [0.2, 0.25) is 0 Å². The SMILES string of the molecule is C[C@H]1CCC[C@]2(C)C[C@H]3OC(=O)[C@H](CN4CCC(N5CCCCC5)CC4)[C@H]3[C@@H]3O[C@]132. The summed E-state index contributed by atoms with van der Waals surface area (Å²) in [6.07, 6.45) is 11.8. The van der Waals surface area contributed by atoms with Crippen molar-refractivity contribution in [2.45, 2.75) is 95.5 Å². The second-order valence-electron chi connectivity index (χ2n) is 11.7. The van der Waals surface area contributed by atoms with Gasteiger partial charge in [-0.15, -0.1) is 0 Å². The molecule has 0 unspecified atom stereocenters. The summed E-state index contributed by atoms with van der Waals surface area (Å²) in [7, 11) is 0. The van der Waals surface area contributed by atoms with E-state index in [-0.39, 0.29) is 41.0 Å². The molecule has 2 aliphatic carbocycles. The van der Waals surface area contributed by atoms with Crippen LogP contribution >= 0.6 is 0 Å². The smallest absolute Gasteiger partial charge is 0.311 e. The molecule has 0 aromatic heterocycles. The monoisotopic (exact) mass is 416 g/mol. The van der Waals surface area contributed by atoms with Crippen LogP contribution in [-0.2, 0) is 14.3 Å². The molecule has 5 heteroatoms. The quantitative estimate of drug-likeness (QED) is 0.521. The molecule has 4 saturated heterocycles. The van der Waals surface area contributed by atoms with Crippen LogP contribution in [0.15, 0.2) is 0 Å². The Morgan fingerprint density at radius 2 is 1.80 bits per heavy atom. The highest BCUT2D eigenvalue weighted by atomic mass is 16.6. The number of carbonyl (C=O) groups is 1. The van der Waals surface area contributed by atoms with Crippen LogP contribution in [0.1, 0.15) is 71.6 Å². The largest absolute Gasteiger partial charge is 0.462 e. The number of likely N-dealkylation sites (tertiary alicyclic amines) is 2. The summed E-state index contributed by atoms with van der Waals surface area (Å²) in [5.74, 6) is 0.970. The first-order valence-electron chi connectivity index (χ1n) is 12.9.